The summed E-state index contributed by atoms with van der Waals surface area (Å²) in [5.74, 6) is -0.256. The molecule has 0 aliphatic heterocycles. The third-order valence-corrected chi connectivity index (χ3v) is 4.93. The number of benzene rings is 2. The van der Waals surface area contributed by atoms with E-state index < -0.39 is 17.7 Å². The van der Waals surface area contributed by atoms with Crippen LogP contribution in [-0.4, -0.2) is 26.0 Å². The minimum absolute atomic E-state index is 0.0504. The van der Waals surface area contributed by atoms with Gasteiger partial charge in [0.2, 0.25) is 5.95 Å². The third-order valence-electron chi connectivity index (χ3n) is 4.93. The first-order valence-electron chi connectivity index (χ1n) is 10.4. The van der Waals surface area contributed by atoms with E-state index in [-0.39, 0.29) is 17.1 Å². The summed E-state index contributed by atoms with van der Waals surface area (Å²) >= 11 is 0. The maximum atomic E-state index is 14.6. The van der Waals surface area contributed by atoms with Crippen LogP contribution in [0.4, 0.5) is 30.9 Å². The van der Waals surface area contributed by atoms with Crippen LogP contribution >= 0.6 is 0 Å². The van der Waals surface area contributed by atoms with E-state index in [0.29, 0.717) is 34.2 Å². The SMILES string of the molecule is CC(C)(C)c1nc(-c2ccc(F)c(NC(=O)Nc3ccc(F)cc3)c2)c(-c2ccnc(N)n2)[nH]1. The molecule has 0 bridgehead atoms. The Kier molecular flexibility index (Phi) is 5.97. The summed E-state index contributed by atoms with van der Waals surface area (Å²) in [7, 11) is 0. The van der Waals surface area contributed by atoms with Crippen molar-refractivity contribution in [2.75, 3.05) is 16.4 Å². The summed E-state index contributed by atoms with van der Waals surface area (Å²) in [4.78, 5) is 28.6. The Labute approximate surface area is 194 Å². The van der Waals surface area contributed by atoms with Gasteiger partial charge in [-0.05, 0) is 48.5 Å². The average molecular weight is 463 g/mol. The molecule has 0 aliphatic rings. The number of nitrogen functional groups attached to an aromatic ring is 1. The molecule has 0 atom stereocenters. The zero-order chi connectivity index (χ0) is 24.5. The van der Waals surface area contributed by atoms with Crippen molar-refractivity contribution in [2.24, 2.45) is 0 Å². The highest BCUT2D eigenvalue weighted by atomic mass is 19.1. The Morgan fingerprint density at radius 2 is 1.74 bits per heavy atom. The lowest BCUT2D eigenvalue weighted by Gasteiger charge is -2.14. The second kappa shape index (κ2) is 8.89. The van der Waals surface area contributed by atoms with E-state index in [0.717, 1.165) is 0 Å². The Morgan fingerprint density at radius 3 is 2.41 bits per heavy atom. The van der Waals surface area contributed by atoms with Crippen LogP contribution in [0.1, 0.15) is 26.6 Å². The van der Waals surface area contributed by atoms with Crippen molar-refractivity contribution >= 4 is 23.4 Å². The number of H-pyrrole nitrogens is 1. The molecule has 8 nitrogen and oxygen atoms in total. The van der Waals surface area contributed by atoms with Gasteiger partial charge in [0, 0.05) is 22.9 Å². The first-order chi connectivity index (χ1) is 16.1. The van der Waals surface area contributed by atoms with Crippen molar-refractivity contribution in [2.45, 2.75) is 26.2 Å². The number of carbonyl (C=O) groups excluding carboxylic acids is 1. The number of nitrogens with two attached hydrogens (primary N) is 1. The Balaban J connectivity index is 1.69. The number of amides is 2. The maximum absolute atomic E-state index is 14.6. The lowest BCUT2D eigenvalue weighted by molar-refractivity contribution is 0.262. The first kappa shape index (κ1) is 22.8. The number of rotatable bonds is 4. The molecule has 5 N–H and O–H groups in total. The normalized spacial score (nSPS) is 11.3. The molecule has 0 saturated carbocycles. The van der Waals surface area contributed by atoms with Crippen LogP contribution in [0.3, 0.4) is 0 Å². The van der Waals surface area contributed by atoms with E-state index in [1.807, 2.05) is 20.8 Å². The molecule has 0 saturated heterocycles. The fourth-order valence-corrected chi connectivity index (χ4v) is 3.22. The average Bonchev–Trinajstić information content (AvgIpc) is 3.23. The van der Waals surface area contributed by atoms with Gasteiger partial charge in [0.05, 0.1) is 22.8 Å². The number of aromatic nitrogens is 4. The van der Waals surface area contributed by atoms with E-state index in [1.165, 1.54) is 42.6 Å². The van der Waals surface area contributed by atoms with Gasteiger partial charge in [-0.15, -0.1) is 0 Å². The fraction of sp³-hybridized carbons (Fsp3) is 0.167. The lowest BCUT2D eigenvalue weighted by Crippen LogP contribution is -2.20. The molecule has 174 valence electrons. The molecule has 0 fully saturated rings. The van der Waals surface area contributed by atoms with Crippen LogP contribution in [-0.2, 0) is 5.41 Å². The van der Waals surface area contributed by atoms with E-state index in [4.69, 9.17) is 10.7 Å². The number of nitrogens with one attached hydrogen (secondary N) is 3. The number of hydrogen-bond donors (Lipinski definition) is 4. The molecule has 4 rings (SSSR count). The van der Waals surface area contributed by atoms with E-state index in [9.17, 15) is 13.6 Å². The van der Waals surface area contributed by atoms with Gasteiger partial charge in [-0.3, -0.25) is 0 Å². The number of nitrogens with zero attached hydrogens (tertiary/aromatic N) is 3. The van der Waals surface area contributed by atoms with Crippen LogP contribution in [0.5, 0.6) is 0 Å². The van der Waals surface area contributed by atoms with Crippen molar-refractivity contribution in [1.29, 1.82) is 0 Å². The van der Waals surface area contributed by atoms with Crippen molar-refractivity contribution < 1.29 is 13.6 Å². The summed E-state index contributed by atoms with van der Waals surface area (Å²) in [5.41, 5.74) is 7.96. The summed E-state index contributed by atoms with van der Waals surface area (Å²) in [6.45, 7) is 6.02. The summed E-state index contributed by atoms with van der Waals surface area (Å²) < 4.78 is 27.6. The van der Waals surface area contributed by atoms with Crippen molar-refractivity contribution in [3.8, 4) is 22.6 Å². The zero-order valence-corrected chi connectivity index (χ0v) is 18.8. The topological polar surface area (TPSA) is 122 Å². The largest absolute Gasteiger partial charge is 0.368 e. The molecule has 0 unspecified atom stereocenters. The van der Waals surface area contributed by atoms with Crippen LogP contribution < -0.4 is 16.4 Å². The molecule has 34 heavy (non-hydrogen) atoms. The van der Waals surface area contributed by atoms with Crippen molar-refractivity contribution in [3.63, 3.8) is 0 Å². The smallest absolute Gasteiger partial charge is 0.323 e. The van der Waals surface area contributed by atoms with Gasteiger partial charge >= 0.3 is 6.03 Å². The molecule has 2 amide bonds. The molecule has 2 aromatic heterocycles. The highest BCUT2D eigenvalue weighted by Crippen LogP contribution is 2.34. The Hall–Kier alpha value is -4.34. The van der Waals surface area contributed by atoms with Gasteiger partial charge in [0.15, 0.2) is 0 Å². The minimum atomic E-state index is -0.677. The van der Waals surface area contributed by atoms with Crippen LogP contribution in [0.2, 0.25) is 0 Å². The maximum Gasteiger partial charge on any atom is 0.323 e. The highest BCUT2D eigenvalue weighted by molar-refractivity contribution is 6.00. The van der Waals surface area contributed by atoms with Crippen LogP contribution in [0.25, 0.3) is 22.6 Å². The number of urea groups is 1. The van der Waals surface area contributed by atoms with Gasteiger partial charge in [0.25, 0.3) is 0 Å². The Morgan fingerprint density at radius 1 is 1.00 bits per heavy atom. The molecule has 2 aromatic carbocycles. The number of anilines is 3. The van der Waals surface area contributed by atoms with Gasteiger partial charge in [0.1, 0.15) is 17.5 Å². The molecule has 0 spiro atoms. The van der Waals surface area contributed by atoms with Crippen molar-refractivity contribution in [1.82, 2.24) is 19.9 Å². The van der Waals surface area contributed by atoms with E-state index >= 15 is 0 Å². The molecule has 4 aromatic rings. The molecule has 0 aliphatic carbocycles. The lowest BCUT2D eigenvalue weighted by atomic mass is 9.96. The predicted molar refractivity (Wildman–Crippen MR) is 127 cm³/mol. The highest BCUT2D eigenvalue weighted by Gasteiger charge is 2.24. The molecule has 2 heterocycles. The quantitative estimate of drug-likeness (QED) is 0.326. The molecule has 10 heteroatoms. The van der Waals surface area contributed by atoms with E-state index in [1.54, 1.807) is 12.1 Å². The summed E-state index contributed by atoms with van der Waals surface area (Å²) in [6, 6.07) is 10.5. The molecular weight excluding hydrogens is 440 g/mol. The second-order valence-electron chi connectivity index (χ2n) is 8.64. The molecule has 0 radical (unpaired) electrons. The minimum Gasteiger partial charge on any atom is -0.368 e. The standard InChI is InChI=1S/C24H23F2N7O/c1-24(2,3)21-32-19(20(33-21)17-10-11-28-22(27)30-17)13-4-9-16(26)18(12-13)31-23(34)29-15-7-5-14(25)6-8-15/h4-12H,1-3H3,(H,32,33)(H2,27,28,30)(H2,29,31,34). The fourth-order valence-electron chi connectivity index (χ4n) is 3.22. The van der Waals surface area contributed by atoms with Gasteiger partial charge in [-0.1, -0.05) is 20.8 Å². The predicted octanol–water partition coefficient (Wildman–Crippen LogP) is 5.34. The van der Waals surface area contributed by atoms with E-state index in [2.05, 4.69) is 25.6 Å². The summed E-state index contributed by atoms with van der Waals surface area (Å²) in [6.07, 6.45) is 1.54. The Bertz CT molecular complexity index is 1340. The first-order valence-corrected chi connectivity index (χ1v) is 10.4. The number of carbonyl (C=O) groups is 1. The van der Waals surface area contributed by atoms with Gasteiger partial charge in [-0.2, -0.15) is 0 Å². The monoisotopic (exact) mass is 463 g/mol. The van der Waals surface area contributed by atoms with Crippen LogP contribution in [0, 0.1) is 11.6 Å². The number of imidazole rings is 1. The van der Waals surface area contributed by atoms with Gasteiger partial charge in [-0.25, -0.2) is 28.5 Å². The summed E-state index contributed by atoms with van der Waals surface area (Å²) in [5, 5.41) is 5.02. The number of hydrogen-bond acceptors (Lipinski definition) is 5. The number of halogens is 2. The van der Waals surface area contributed by atoms with Crippen LogP contribution in [0.15, 0.2) is 54.7 Å². The number of aromatic amines is 1. The molecular formula is C24H23F2N7O. The zero-order valence-electron chi connectivity index (χ0n) is 18.8. The second-order valence-corrected chi connectivity index (χ2v) is 8.64. The van der Waals surface area contributed by atoms with Gasteiger partial charge < -0.3 is 21.4 Å². The van der Waals surface area contributed by atoms with Crippen molar-refractivity contribution in [3.05, 3.63) is 72.2 Å². The third kappa shape index (κ3) is 5.01.